The largest absolute Gasteiger partial charge is 0.352 e. The van der Waals surface area contributed by atoms with E-state index in [-0.39, 0.29) is 6.04 Å². The molecular formula is C6H9BrN2. The second-order valence-corrected chi connectivity index (χ2v) is 2.90. The molecule has 0 bridgehead atoms. The molecule has 0 spiro atoms. The molecular weight excluding hydrogens is 180 g/mol. The van der Waals surface area contributed by atoms with Gasteiger partial charge in [-0.1, -0.05) is 0 Å². The fourth-order valence-corrected chi connectivity index (χ4v) is 1.01. The first-order valence-corrected chi connectivity index (χ1v) is 3.59. The van der Waals surface area contributed by atoms with Gasteiger partial charge in [0.05, 0.1) is 4.60 Å². The minimum atomic E-state index is 0.0938. The quantitative estimate of drug-likeness (QED) is 0.694. The second kappa shape index (κ2) is 2.54. The zero-order valence-corrected chi connectivity index (χ0v) is 6.77. The molecule has 0 aliphatic heterocycles. The smallest absolute Gasteiger partial charge is 0.0822 e. The van der Waals surface area contributed by atoms with Gasteiger partial charge in [-0.05, 0) is 35.0 Å². The summed E-state index contributed by atoms with van der Waals surface area (Å²) in [5, 5.41) is 0. The second-order valence-electron chi connectivity index (χ2n) is 2.05. The van der Waals surface area contributed by atoms with Crippen molar-refractivity contribution in [3.63, 3.8) is 0 Å². The van der Waals surface area contributed by atoms with E-state index >= 15 is 0 Å². The number of hydrogen-bond acceptors (Lipinski definition) is 1. The molecule has 1 rings (SSSR count). The van der Waals surface area contributed by atoms with Gasteiger partial charge in [-0.15, -0.1) is 0 Å². The van der Waals surface area contributed by atoms with E-state index in [9.17, 15) is 0 Å². The summed E-state index contributed by atoms with van der Waals surface area (Å²) in [5.74, 6) is 0. The fraction of sp³-hybridized carbons (Fsp3) is 0.333. The minimum absolute atomic E-state index is 0.0938. The van der Waals surface area contributed by atoms with Gasteiger partial charge < -0.3 is 10.7 Å². The van der Waals surface area contributed by atoms with Crippen LogP contribution < -0.4 is 5.73 Å². The molecule has 0 saturated carbocycles. The topological polar surface area (TPSA) is 41.8 Å². The van der Waals surface area contributed by atoms with Crippen LogP contribution in [0.5, 0.6) is 0 Å². The SMILES string of the molecule is CC(N)c1ccc(Br)[nH]1. The van der Waals surface area contributed by atoms with Crippen LogP contribution in [-0.4, -0.2) is 4.98 Å². The Morgan fingerprint density at radius 3 is 2.56 bits per heavy atom. The van der Waals surface area contributed by atoms with Gasteiger partial charge in [0.2, 0.25) is 0 Å². The molecule has 1 aromatic rings. The average molecular weight is 189 g/mol. The van der Waals surface area contributed by atoms with E-state index in [0.717, 1.165) is 10.3 Å². The highest BCUT2D eigenvalue weighted by atomic mass is 79.9. The predicted octanol–water partition coefficient (Wildman–Crippen LogP) is 1.80. The van der Waals surface area contributed by atoms with Crippen LogP contribution in [-0.2, 0) is 0 Å². The van der Waals surface area contributed by atoms with Crippen LogP contribution in [0, 0.1) is 0 Å². The maximum absolute atomic E-state index is 5.57. The predicted molar refractivity (Wildman–Crippen MR) is 41.1 cm³/mol. The maximum Gasteiger partial charge on any atom is 0.0822 e. The highest BCUT2D eigenvalue weighted by Gasteiger charge is 1.99. The molecule has 0 fully saturated rings. The summed E-state index contributed by atoms with van der Waals surface area (Å²) in [4.78, 5) is 3.07. The fourth-order valence-electron chi connectivity index (χ4n) is 0.650. The molecule has 1 heterocycles. The van der Waals surface area contributed by atoms with Crippen LogP contribution in [0.15, 0.2) is 16.7 Å². The van der Waals surface area contributed by atoms with Gasteiger partial charge in [0.15, 0.2) is 0 Å². The van der Waals surface area contributed by atoms with Crippen molar-refractivity contribution >= 4 is 15.9 Å². The summed E-state index contributed by atoms with van der Waals surface area (Å²) < 4.78 is 0.981. The maximum atomic E-state index is 5.57. The average Bonchev–Trinajstić information content (AvgIpc) is 2.14. The molecule has 50 valence electrons. The third-order valence-corrected chi connectivity index (χ3v) is 1.63. The van der Waals surface area contributed by atoms with Crippen molar-refractivity contribution < 1.29 is 0 Å². The third kappa shape index (κ3) is 1.56. The van der Waals surface area contributed by atoms with Gasteiger partial charge in [-0.25, -0.2) is 0 Å². The van der Waals surface area contributed by atoms with E-state index < -0.39 is 0 Å². The summed E-state index contributed by atoms with van der Waals surface area (Å²) >= 11 is 3.29. The number of aromatic amines is 1. The van der Waals surface area contributed by atoms with E-state index in [1.54, 1.807) is 0 Å². The minimum Gasteiger partial charge on any atom is -0.352 e. The van der Waals surface area contributed by atoms with Crippen LogP contribution in [0.1, 0.15) is 18.7 Å². The summed E-state index contributed by atoms with van der Waals surface area (Å²) in [7, 11) is 0. The van der Waals surface area contributed by atoms with Crippen LogP contribution in [0.3, 0.4) is 0 Å². The summed E-state index contributed by atoms with van der Waals surface area (Å²) in [6.45, 7) is 1.94. The monoisotopic (exact) mass is 188 g/mol. The first-order chi connectivity index (χ1) is 4.20. The van der Waals surface area contributed by atoms with Crippen molar-refractivity contribution in [1.29, 1.82) is 0 Å². The summed E-state index contributed by atoms with van der Waals surface area (Å²) in [6, 6.07) is 4.00. The molecule has 3 heteroatoms. The lowest BCUT2D eigenvalue weighted by Crippen LogP contribution is -2.04. The molecule has 9 heavy (non-hydrogen) atoms. The van der Waals surface area contributed by atoms with Crippen LogP contribution in [0.2, 0.25) is 0 Å². The lowest BCUT2D eigenvalue weighted by atomic mass is 10.3. The Morgan fingerprint density at radius 2 is 2.33 bits per heavy atom. The number of hydrogen-bond donors (Lipinski definition) is 2. The van der Waals surface area contributed by atoms with Crippen molar-refractivity contribution in [2.24, 2.45) is 5.73 Å². The highest BCUT2D eigenvalue weighted by Crippen LogP contribution is 2.12. The molecule has 0 aromatic carbocycles. The molecule has 0 saturated heterocycles. The molecule has 0 aliphatic rings. The number of halogens is 1. The Morgan fingerprint density at radius 1 is 1.67 bits per heavy atom. The molecule has 0 radical (unpaired) electrons. The first-order valence-electron chi connectivity index (χ1n) is 2.80. The van der Waals surface area contributed by atoms with Gasteiger partial charge in [0.1, 0.15) is 0 Å². The Kier molecular flexibility index (Phi) is 1.93. The first kappa shape index (κ1) is 6.83. The van der Waals surface area contributed by atoms with Crippen LogP contribution in [0.4, 0.5) is 0 Å². The zero-order valence-electron chi connectivity index (χ0n) is 5.19. The van der Waals surface area contributed by atoms with Crippen molar-refractivity contribution in [2.75, 3.05) is 0 Å². The highest BCUT2D eigenvalue weighted by molar-refractivity contribution is 9.10. The summed E-state index contributed by atoms with van der Waals surface area (Å²) in [5.41, 5.74) is 6.63. The van der Waals surface area contributed by atoms with Crippen molar-refractivity contribution in [2.45, 2.75) is 13.0 Å². The molecule has 1 aromatic heterocycles. The molecule has 3 N–H and O–H groups in total. The normalized spacial score (nSPS) is 13.7. The van der Waals surface area contributed by atoms with E-state index in [4.69, 9.17) is 5.73 Å². The number of rotatable bonds is 1. The van der Waals surface area contributed by atoms with E-state index in [0.29, 0.717) is 0 Å². The number of nitrogens with one attached hydrogen (secondary N) is 1. The number of aromatic nitrogens is 1. The van der Waals surface area contributed by atoms with Gasteiger partial charge in [0.25, 0.3) is 0 Å². The molecule has 1 unspecified atom stereocenters. The van der Waals surface area contributed by atoms with E-state index in [1.807, 2.05) is 19.1 Å². The lowest BCUT2D eigenvalue weighted by molar-refractivity contribution is 0.787. The van der Waals surface area contributed by atoms with Gasteiger partial charge >= 0.3 is 0 Å². The van der Waals surface area contributed by atoms with Gasteiger partial charge in [-0.2, -0.15) is 0 Å². The van der Waals surface area contributed by atoms with Crippen LogP contribution >= 0.6 is 15.9 Å². The molecule has 0 aliphatic carbocycles. The Bertz CT molecular complexity index is 193. The number of H-pyrrole nitrogens is 1. The van der Waals surface area contributed by atoms with Crippen molar-refractivity contribution in [1.82, 2.24) is 4.98 Å². The lowest BCUT2D eigenvalue weighted by Gasteiger charge is -1.98. The zero-order chi connectivity index (χ0) is 6.85. The Labute approximate surface area is 62.6 Å². The molecule has 1 atom stereocenters. The van der Waals surface area contributed by atoms with Crippen molar-refractivity contribution in [3.8, 4) is 0 Å². The molecule has 2 nitrogen and oxygen atoms in total. The Hall–Kier alpha value is -0.280. The standard InChI is InChI=1S/C6H9BrN2/c1-4(8)5-2-3-6(7)9-5/h2-4,9H,8H2,1H3. The van der Waals surface area contributed by atoms with E-state index in [2.05, 4.69) is 20.9 Å². The third-order valence-electron chi connectivity index (χ3n) is 1.16. The van der Waals surface area contributed by atoms with Gasteiger partial charge in [0, 0.05) is 11.7 Å². The van der Waals surface area contributed by atoms with E-state index in [1.165, 1.54) is 0 Å². The van der Waals surface area contributed by atoms with Gasteiger partial charge in [-0.3, -0.25) is 0 Å². The Balaban J connectivity index is 2.85. The number of nitrogens with two attached hydrogens (primary N) is 1. The van der Waals surface area contributed by atoms with Crippen LogP contribution in [0.25, 0.3) is 0 Å². The summed E-state index contributed by atoms with van der Waals surface area (Å²) in [6.07, 6.45) is 0. The van der Waals surface area contributed by atoms with Crippen molar-refractivity contribution in [3.05, 3.63) is 22.4 Å². The molecule has 0 amide bonds.